The Labute approximate surface area is 159 Å². The topological polar surface area (TPSA) is 75.4 Å². The fraction of sp³-hybridized carbons (Fsp3) is 0.476. The molecule has 6 heteroatoms. The first-order valence-corrected chi connectivity index (χ1v) is 9.65. The summed E-state index contributed by atoms with van der Waals surface area (Å²) in [6, 6.07) is 10.2. The highest BCUT2D eigenvalue weighted by Crippen LogP contribution is 2.25. The number of nitrogens with zero attached hydrogens (tertiary/aromatic N) is 3. The summed E-state index contributed by atoms with van der Waals surface area (Å²) < 4.78 is 1.84. The molecule has 0 saturated carbocycles. The van der Waals surface area contributed by atoms with Gasteiger partial charge in [-0.15, -0.1) is 0 Å². The van der Waals surface area contributed by atoms with Gasteiger partial charge in [0.1, 0.15) is 0 Å². The maximum absolute atomic E-state index is 12.5. The van der Waals surface area contributed by atoms with Crippen molar-refractivity contribution in [3.05, 3.63) is 52.8 Å². The average molecular weight is 369 g/mol. The Morgan fingerprint density at radius 2 is 2.00 bits per heavy atom. The van der Waals surface area contributed by atoms with Crippen LogP contribution in [0.25, 0.3) is 0 Å². The number of aryl methyl sites for hydroxylation is 2. The third-order valence-electron chi connectivity index (χ3n) is 5.36. The van der Waals surface area contributed by atoms with Crippen LogP contribution in [-0.4, -0.2) is 38.2 Å². The molecule has 3 rings (SSSR count). The number of aromatic nitrogens is 2. The SMILES string of the molecule is CCC(C)C(=O)N1CCc2c(c(C(=O)O)nn2CCCc2ccccc2)C1. The Balaban J connectivity index is 1.74. The predicted octanol–water partition coefficient (Wildman–Crippen LogP) is 3.14. The normalized spacial score (nSPS) is 14.7. The third-order valence-corrected chi connectivity index (χ3v) is 5.36. The zero-order chi connectivity index (χ0) is 19.4. The van der Waals surface area contributed by atoms with E-state index in [1.165, 1.54) is 5.56 Å². The van der Waals surface area contributed by atoms with Crippen LogP contribution in [0, 0.1) is 5.92 Å². The van der Waals surface area contributed by atoms with Crippen molar-refractivity contribution in [3.63, 3.8) is 0 Å². The van der Waals surface area contributed by atoms with Crippen molar-refractivity contribution in [1.29, 1.82) is 0 Å². The fourth-order valence-electron chi connectivity index (χ4n) is 3.60. The van der Waals surface area contributed by atoms with Gasteiger partial charge in [-0.05, 0) is 24.8 Å². The lowest BCUT2D eigenvalue weighted by atomic mass is 10.0. The van der Waals surface area contributed by atoms with Crippen LogP contribution in [-0.2, 0) is 30.7 Å². The first-order valence-electron chi connectivity index (χ1n) is 9.65. The minimum absolute atomic E-state index is 0.0410. The molecule has 1 aromatic heterocycles. The lowest BCUT2D eigenvalue weighted by molar-refractivity contribution is -0.136. The van der Waals surface area contributed by atoms with Crippen molar-refractivity contribution in [3.8, 4) is 0 Å². The monoisotopic (exact) mass is 369 g/mol. The minimum Gasteiger partial charge on any atom is -0.476 e. The van der Waals surface area contributed by atoms with Crippen molar-refractivity contribution >= 4 is 11.9 Å². The summed E-state index contributed by atoms with van der Waals surface area (Å²) in [6.07, 6.45) is 3.26. The molecule has 0 radical (unpaired) electrons. The van der Waals surface area contributed by atoms with Gasteiger partial charge in [0.25, 0.3) is 0 Å². The third kappa shape index (κ3) is 4.21. The Hall–Kier alpha value is -2.63. The molecule has 0 bridgehead atoms. The zero-order valence-electron chi connectivity index (χ0n) is 16.0. The quantitative estimate of drug-likeness (QED) is 0.813. The lowest BCUT2D eigenvalue weighted by Gasteiger charge is -2.29. The number of fused-ring (bicyclic) bond motifs is 1. The Bertz CT molecular complexity index is 814. The van der Waals surface area contributed by atoms with Gasteiger partial charge in [-0.25, -0.2) is 4.79 Å². The molecule has 0 aliphatic carbocycles. The van der Waals surface area contributed by atoms with Gasteiger partial charge in [0, 0.05) is 43.2 Å². The summed E-state index contributed by atoms with van der Waals surface area (Å²) >= 11 is 0. The van der Waals surface area contributed by atoms with Gasteiger partial charge >= 0.3 is 5.97 Å². The van der Waals surface area contributed by atoms with Gasteiger partial charge in [0.05, 0.1) is 0 Å². The van der Waals surface area contributed by atoms with Crippen LogP contribution in [0.2, 0.25) is 0 Å². The van der Waals surface area contributed by atoms with Crippen LogP contribution in [0.3, 0.4) is 0 Å². The number of amides is 1. The summed E-state index contributed by atoms with van der Waals surface area (Å²) in [7, 11) is 0. The Kier molecular flexibility index (Phi) is 5.94. The second kappa shape index (κ2) is 8.37. The van der Waals surface area contributed by atoms with Crippen LogP contribution >= 0.6 is 0 Å². The fourth-order valence-corrected chi connectivity index (χ4v) is 3.60. The van der Waals surface area contributed by atoms with E-state index in [-0.39, 0.29) is 17.5 Å². The molecule has 0 saturated heterocycles. The van der Waals surface area contributed by atoms with Gasteiger partial charge in [-0.2, -0.15) is 5.10 Å². The number of carbonyl (C=O) groups is 2. The van der Waals surface area contributed by atoms with E-state index < -0.39 is 5.97 Å². The molecule has 0 spiro atoms. The van der Waals surface area contributed by atoms with Gasteiger partial charge in [-0.3, -0.25) is 9.48 Å². The number of aromatic carboxylic acids is 1. The summed E-state index contributed by atoms with van der Waals surface area (Å²) in [5.74, 6) is -0.969. The molecule has 1 N–H and O–H groups in total. The number of carboxylic acid groups (broad SMARTS) is 1. The standard InChI is InChI=1S/C21H27N3O3/c1-3-15(2)20(25)23-13-11-18-17(14-23)19(21(26)27)22-24(18)12-7-10-16-8-5-4-6-9-16/h4-6,8-9,15H,3,7,10-14H2,1-2H3,(H,26,27). The summed E-state index contributed by atoms with van der Waals surface area (Å²) in [6.45, 7) is 5.57. The molecule has 1 atom stereocenters. The van der Waals surface area contributed by atoms with Crippen molar-refractivity contribution in [2.45, 2.75) is 52.6 Å². The highest BCUT2D eigenvalue weighted by atomic mass is 16.4. The minimum atomic E-state index is -1.02. The van der Waals surface area contributed by atoms with Crippen molar-refractivity contribution < 1.29 is 14.7 Å². The molecular formula is C21H27N3O3. The molecular weight excluding hydrogens is 342 g/mol. The zero-order valence-corrected chi connectivity index (χ0v) is 16.0. The molecule has 1 unspecified atom stereocenters. The largest absolute Gasteiger partial charge is 0.476 e. The van der Waals surface area contributed by atoms with E-state index in [9.17, 15) is 14.7 Å². The molecule has 2 aromatic rings. The molecule has 144 valence electrons. The highest BCUT2D eigenvalue weighted by molar-refractivity contribution is 5.88. The van der Waals surface area contributed by atoms with E-state index in [0.717, 1.165) is 25.0 Å². The van der Waals surface area contributed by atoms with Gasteiger partial charge in [0.2, 0.25) is 5.91 Å². The average Bonchev–Trinajstić information content (AvgIpc) is 3.06. The van der Waals surface area contributed by atoms with E-state index in [1.54, 1.807) is 4.90 Å². The van der Waals surface area contributed by atoms with E-state index in [2.05, 4.69) is 17.2 Å². The number of hydrogen-bond acceptors (Lipinski definition) is 3. The lowest BCUT2D eigenvalue weighted by Crippen LogP contribution is -2.39. The van der Waals surface area contributed by atoms with Crippen LogP contribution < -0.4 is 0 Å². The number of carboxylic acids is 1. The molecule has 27 heavy (non-hydrogen) atoms. The van der Waals surface area contributed by atoms with E-state index >= 15 is 0 Å². The van der Waals surface area contributed by atoms with Crippen molar-refractivity contribution in [2.75, 3.05) is 6.54 Å². The van der Waals surface area contributed by atoms with Crippen LogP contribution in [0.5, 0.6) is 0 Å². The number of benzene rings is 1. The maximum atomic E-state index is 12.5. The summed E-state index contributed by atoms with van der Waals surface area (Å²) in [4.78, 5) is 26.0. The number of rotatable bonds is 7. The smallest absolute Gasteiger partial charge is 0.356 e. The van der Waals surface area contributed by atoms with Gasteiger partial charge in [0.15, 0.2) is 5.69 Å². The van der Waals surface area contributed by atoms with E-state index in [1.807, 2.05) is 36.7 Å². The number of hydrogen-bond donors (Lipinski definition) is 1. The molecule has 0 fully saturated rings. The Morgan fingerprint density at radius 3 is 2.67 bits per heavy atom. The first kappa shape index (κ1) is 19.1. The summed E-state index contributed by atoms with van der Waals surface area (Å²) in [5.41, 5.74) is 3.02. The van der Waals surface area contributed by atoms with E-state index in [4.69, 9.17) is 0 Å². The van der Waals surface area contributed by atoms with Crippen molar-refractivity contribution in [1.82, 2.24) is 14.7 Å². The van der Waals surface area contributed by atoms with Crippen LogP contribution in [0.15, 0.2) is 30.3 Å². The Morgan fingerprint density at radius 1 is 1.26 bits per heavy atom. The molecule has 1 aliphatic heterocycles. The van der Waals surface area contributed by atoms with Gasteiger partial charge < -0.3 is 10.0 Å². The molecule has 6 nitrogen and oxygen atoms in total. The van der Waals surface area contributed by atoms with Crippen LogP contribution in [0.4, 0.5) is 0 Å². The molecule has 1 aliphatic rings. The maximum Gasteiger partial charge on any atom is 0.356 e. The predicted molar refractivity (Wildman–Crippen MR) is 103 cm³/mol. The first-order chi connectivity index (χ1) is 13.0. The molecule has 2 heterocycles. The van der Waals surface area contributed by atoms with Crippen molar-refractivity contribution in [2.24, 2.45) is 5.92 Å². The molecule has 1 aromatic carbocycles. The van der Waals surface area contributed by atoms with E-state index in [0.29, 0.717) is 31.6 Å². The second-order valence-corrected chi connectivity index (χ2v) is 7.21. The second-order valence-electron chi connectivity index (χ2n) is 7.21. The summed E-state index contributed by atoms with van der Waals surface area (Å²) in [5, 5.41) is 13.9. The number of carbonyl (C=O) groups excluding carboxylic acids is 1. The van der Waals surface area contributed by atoms with Crippen LogP contribution in [0.1, 0.15) is 54.0 Å². The molecule has 1 amide bonds. The highest BCUT2D eigenvalue weighted by Gasteiger charge is 2.31. The van der Waals surface area contributed by atoms with Gasteiger partial charge in [-0.1, -0.05) is 44.2 Å².